The highest BCUT2D eigenvalue weighted by Gasteiger charge is 2.36. The minimum absolute atomic E-state index is 0.130. The second-order valence-electron chi connectivity index (χ2n) is 4.59. The molecule has 5 heteroatoms. The topological polar surface area (TPSA) is 38.4 Å². The molecule has 0 spiro atoms. The molecule has 0 unspecified atom stereocenters. The summed E-state index contributed by atoms with van der Waals surface area (Å²) in [6.45, 7) is 3.89. The number of hydrazone groups is 1. The molecular formula is C12H12Cl2N2O. The highest BCUT2D eigenvalue weighted by Crippen LogP contribution is 2.25. The SMILES string of the molecule is CC1(C)CC([O-])=N/[N+]1=C/c1c(Cl)cccc1Cl. The van der Waals surface area contributed by atoms with Crippen LogP contribution in [0.2, 0.25) is 10.0 Å². The first kappa shape index (κ1) is 12.4. The van der Waals surface area contributed by atoms with E-state index >= 15 is 0 Å². The summed E-state index contributed by atoms with van der Waals surface area (Å²) in [7, 11) is 0. The van der Waals surface area contributed by atoms with Crippen LogP contribution in [0.5, 0.6) is 0 Å². The van der Waals surface area contributed by atoms with Crippen molar-refractivity contribution >= 4 is 35.3 Å². The Kier molecular flexibility index (Phi) is 3.15. The van der Waals surface area contributed by atoms with E-state index in [1.54, 1.807) is 29.1 Å². The Balaban J connectivity index is 2.50. The largest absolute Gasteiger partial charge is 0.857 e. The molecule has 0 saturated heterocycles. The van der Waals surface area contributed by atoms with E-state index in [0.29, 0.717) is 22.0 Å². The maximum absolute atomic E-state index is 11.3. The van der Waals surface area contributed by atoms with Crippen molar-refractivity contribution in [1.82, 2.24) is 0 Å². The number of nitrogens with zero attached hydrogens (tertiary/aromatic N) is 2. The number of hydrogen-bond acceptors (Lipinski definition) is 2. The number of benzene rings is 1. The molecule has 0 N–H and O–H groups in total. The minimum Gasteiger partial charge on any atom is -0.857 e. The zero-order valence-corrected chi connectivity index (χ0v) is 11.1. The van der Waals surface area contributed by atoms with Crippen molar-refractivity contribution in [2.75, 3.05) is 0 Å². The summed E-state index contributed by atoms with van der Waals surface area (Å²) in [5.74, 6) is -0.130. The molecular weight excluding hydrogens is 259 g/mol. The van der Waals surface area contributed by atoms with Gasteiger partial charge in [-0.1, -0.05) is 34.0 Å². The summed E-state index contributed by atoms with van der Waals surface area (Å²) in [5, 5.41) is 16.4. The fourth-order valence-electron chi connectivity index (χ4n) is 1.70. The molecule has 90 valence electrons. The van der Waals surface area contributed by atoms with Gasteiger partial charge in [-0.25, -0.2) is 0 Å². The third-order valence-corrected chi connectivity index (χ3v) is 3.33. The van der Waals surface area contributed by atoms with E-state index in [0.717, 1.165) is 0 Å². The van der Waals surface area contributed by atoms with Gasteiger partial charge in [0.1, 0.15) is 0 Å². The summed E-state index contributed by atoms with van der Waals surface area (Å²) >= 11 is 12.1. The molecule has 1 aliphatic heterocycles. The van der Waals surface area contributed by atoms with Crippen molar-refractivity contribution in [2.45, 2.75) is 25.8 Å². The summed E-state index contributed by atoms with van der Waals surface area (Å²) < 4.78 is 1.63. The molecule has 0 atom stereocenters. The highest BCUT2D eigenvalue weighted by molar-refractivity contribution is 6.38. The standard InChI is InChI=1S/C12H12Cl2N2O/c1-12(2)6-11(17)15-16(12)7-8-9(13)4-3-5-10(8)14/h3-5,7H,6H2,1-2H3/b16-7+. The second-order valence-corrected chi connectivity index (χ2v) is 5.41. The molecule has 0 fully saturated rings. The van der Waals surface area contributed by atoms with Gasteiger partial charge in [-0.3, -0.25) is 0 Å². The van der Waals surface area contributed by atoms with E-state index in [1.165, 1.54) is 0 Å². The zero-order chi connectivity index (χ0) is 12.6. The number of halogens is 2. The van der Waals surface area contributed by atoms with Gasteiger partial charge < -0.3 is 5.11 Å². The van der Waals surface area contributed by atoms with E-state index in [4.69, 9.17) is 23.2 Å². The van der Waals surface area contributed by atoms with Gasteiger partial charge in [0.2, 0.25) is 6.21 Å². The Hall–Kier alpha value is -1.06. The molecule has 1 aromatic carbocycles. The molecule has 1 aliphatic rings. The van der Waals surface area contributed by atoms with Crippen molar-refractivity contribution in [3.05, 3.63) is 33.8 Å². The van der Waals surface area contributed by atoms with Crippen LogP contribution in [0, 0.1) is 0 Å². The maximum Gasteiger partial charge on any atom is 0.206 e. The molecule has 0 saturated carbocycles. The lowest BCUT2D eigenvalue weighted by Crippen LogP contribution is -2.31. The fourth-order valence-corrected chi connectivity index (χ4v) is 2.20. The third-order valence-electron chi connectivity index (χ3n) is 2.67. The molecule has 1 heterocycles. The van der Waals surface area contributed by atoms with Crippen molar-refractivity contribution in [3.8, 4) is 0 Å². The van der Waals surface area contributed by atoms with Crippen LogP contribution in [0.4, 0.5) is 0 Å². The van der Waals surface area contributed by atoms with Gasteiger partial charge in [0.15, 0.2) is 5.54 Å². The Labute approximate surface area is 110 Å². The first-order valence-corrected chi connectivity index (χ1v) is 5.98. The predicted molar refractivity (Wildman–Crippen MR) is 68.0 cm³/mol. The zero-order valence-electron chi connectivity index (χ0n) is 9.58. The Morgan fingerprint density at radius 2 is 1.94 bits per heavy atom. The Morgan fingerprint density at radius 3 is 2.41 bits per heavy atom. The predicted octanol–water partition coefficient (Wildman–Crippen LogP) is 2.28. The highest BCUT2D eigenvalue weighted by atomic mass is 35.5. The van der Waals surface area contributed by atoms with E-state index in [-0.39, 0.29) is 11.4 Å². The summed E-state index contributed by atoms with van der Waals surface area (Å²) in [6.07, 6.45) is 2.11. The van der Waals surface area contributed by atoms with Crippen LogP contribution in [0.15, 0.2) is 23.3 Å². The summed E-state index contributed by atoms with van der Waals surface area (Å²) in [5.41, 5.74) is 0.349. The Bertz CT molecular complexity index is 501. The van der Waals surface area contributed by atoms with Gasteiger partial charge in [-0.05, 0) is 17.2 Å². The molecule has 2 rings (SSSR count). The second kappa shape index (κ2) is 4.31. The summed E-state index contributed by atoms with van der Waals surface area (Å²) in [4.78, 5) is 0. The van der Waals surface area contributed by atoms with Crippen LogP contribution in [0.25, 0.3) is 0 Å². The number of rotatable bonds is 1. The molecule has 0 aliphatic carbocycles. The van der Waals surface area contributed by atoms with E-state index in [9.17, 15) is 5.11 Å². The van der Waals surface area contributed by atoms with E-state index < -0.39 is 0 Å². The van der Waals surface area contributed by atoms with Gasteiger partial charge in [0.05, 0.1) is 15.6 Å². The fraction of sp³-hybridized carbons (Fsp3) is 0.333. The quantitative estimate of drug-likeness (QED) is 0.722. The average molecular weight is 271 g/mol. The van der Waals surface area contributed by atoms with Gasteiger partial charge in [-0.15, -0.1) is 0 Å². The van der Waals surface area contributed by atoms with Crippen LogP contribution in [0.3, 0.4) is 0 Å². The molecule has 0 amide bonds. The van der Waals surface area contributed by atoms with Gasteiger partial charge in [-0.2, -0.15) is 0 Å². The molecule has 0 radical (unpaired) electrons. The lowest BCUT2D eigenvalue weighted by atomic mass is 10.0. The Morgan fingerprint density at radius 1 is 1.35 bits per heavy atom. The molecule has 0 aromatic heterocycles. The molecule has 0 bridgehead atoms. The molecule has 1 aromatic rings. The summed E-state index contributed by atoms with van der Waals surface area (Å²) in [6, 6.07) is 5.29. The minimum atomic E-state index is -0.334. The van der Waals surface area contributed by atoms with Crippen molar-refractivity contribution in [1.29, 1.82) is 0 Å². The van der Waals surface area contributed by atoms with Gasteiger partial charge in [0.25, 0.3) is 0 Å². The van der Waals surface area contributed by atoms with E-state index in [1.807, 2.05) is 13.8 Å². The van der Waals surface area contributed by atoms with Crippen LogP contribution >= 0.6 is 23.2 Å². The van der Waals surface area contributed by atoms with Crippen LogP contribution in [-0.2, 0) is 0 Å². The van der Waals surface area contributed by atoms with Gasteiger partial charge in [0, 0.05) is 26.2 Å². The molecule has 3 nitrogen and oxygen atoms in total. The van der Waals surface area contributed by atoms with Gasteiger partial charge >= 0.3 is 0 Å². The van der Waals surface area contributed by atoms with E-state index in [2.05, 4.69) is 5.10 Å². The molecule has 17 heavy (non-hydrogen) atoms. The smallest absolute Gasteiger partial charge is 0.206 e. The number of hydrogen-bond donors (Lipinski definition) is 0. The van der Waals surface area contributed by atoms with Crippen molar-refractivity contribution < 1.29 is 9.79 Å². The first-order chi connectivity index (χ1) is 7.90. The van der Waals surface area contributed by atoms with Crippen molar-refractivity contribution in [3.63, 3.8) is 0 Å². The maximum atomic E-state index is 11.3. The lowest BCUT2D eigenvalue weighted by molar-refractivity contribution is -0.591. The monoisotopic (exact) mass is 270 g/mol. The van der Waals surface area contributed by atoms with Crippen LogP contribution in [-0.4, -0.2) is 22.3 Å². The third kappa shape index (κ3) is 2.45. The lowest BCUT2D eigenvalue weighted by Gasteiger charge is -2.11. The average Bonchev–Trinajstić information content (AvgIpc) is 2.45. The van der Waals surface area contributed by atoms with Crippen molar-refractivity contribution in [2.24, 2.45) is 5.10 Å². The first-order valence-electron chi connectivity index (χ1n) is 5.23. The normalized spacial score (nSPS) is 20.7. The van der Waals surface area contributed by atoms with Crippen LogP contribution in [0.1, 0.15) is 25.8 Å². The van der Waals surface area contributed by atoms with Crippen LogP contribution < -0.4 is 5.11 Å².